The zero-order valence-corrected chi connectivity index (χ0v) is 12.4. The summed E-state index contributed by atoms with van der Waals surface area (Å²) in [5.74, 6) is 0.631. The van der Waals surface area contributed by atoms with Crippen LogP contribution < -0.4 is 4.72 Å². The Morgan fingerprint density at radius 2 is 2.00 bits per heavy atom. The van der Waals surface area contributed by atoms with Gasteiger partial charge in [0.25, 0.3) is 10.2 Å². The van der Waals surface area contributed by atoms with E-state index in [4.69, 9.17) is 9.26 Å². The lowest BCUT2D eigenvalue weighted by atomic mass is 10.2. The molecule has 0 aliphatic carbocycles. The van der Waals surface area contributed by atoms with Crippen LogP contribution in [0.3, 0.4) is 0 Å². The van der Waals surface area contributed by atoms with E-state index in [0.29, 0.717) is 18.9 Å². The fraction of sp³-hybridized carbons (Fsp3) is 0.818. The quantitative estimate of drug-likeness (QED) is 0.818. The highest BCUT2D eigenvalue weighted by atomic mass is 32.2. The van der Waals surface area contributed by atoms with Crippen molar-refractivity contribution in [2.24, 2.45) is 0 Å². The van der Waals surface area contributed by atoms with E-state index in [0.717, 1.165) is 25.7 Å². The molecule has 1 aliphatic heterocycles. The zero-order chi connectivity index (χ0) is 14.4. The van der Waals surface area contributed by atoms with Crippen molar-refractivity contribution in [1.29, 1.82) is 0 Å². The lowest BCUT2D eigenvalue weighted by Gasteiger charge is -2.19. The smallest absolute Gasteiger partial charge is 0.279 e. The average molecular weight is 304 g/mol. The largest absolute Gasteiger partial charge is 0.377 e. The normalized spacial score (nSPS) is 18.1. The fourth-order valence-corrected chi connectivity index (χ4v) is 3.30. The Morgan fingerprint density at radius 3 is 2.65 bits per heavy atom. The molecule has 1 fully saturated rings. The van der Waals surface area contributed by atoms with Gasteiger partial charge < -0.3 is 9.26 Å². The molecule has 1 aromatic rings. The average Bonchev–Trinajstić information content (AvgIpc) is 2.69. The zero-order valence-electron chi connectivity index (χ0n) is 11.5. The molecule has 1 aliphatic rings. The lowest BCUT2D eigenvalue weighted by Crippen LogP contribution is -2.40. The Morgan fingerprint density at radius 1 is 1.30 bits per heavy atom. The van der Waals surface area contributed by atoms with Crippen molar-refractivity contribution >= 4 is 10.2 Å². The summed E-state index contributed by atoms with van der Waals surface area (Å²) in [6.45, 7) is 1.36. The number of rotatable bonds is 6. The molecule has 2 rings (SSSR count). The molecule has 1 saturated heterocycles. The van der Waals surface area contributed by atoms with Gasteiger partial charge in [0.15, 0.2) is 5.82 Å². The summed E-state index contributed by atoms with van der Waals surface area (Å²) in [4.78, 5) is 4.02. The molecule has 1 aromatic heterocycles. The second-order valence-electron chi connectivity index (χ2n) is 4.68. The number of ether oxygens (including phenoxy) is 1. The molecule has 114 valence electrons. The van der Waals surface area contributed by atoms with Gasteiger partial charge in [0, 0.05) is 20.2 Å². The van der Waals surface area contributed by atoms with Crippen molar-refractivity contribution in [3.63, 3.8) is 0 Å². The minimum atomic E-state index is -3.48. The highest BCUT2D eigenvalue weighted by Gasteiger charge is 2.23. The van der Waals surface area contributed by atoms with Gasteiger partial charge in [0.2, 0.25) is 5.89 Å². The van der Waals surface area contributed by atoms with Gasteiger partial charge in [-0.2, -0.15) is 22.4 Å². The van der Waals surface area contributed by atoms with Crippen LogP contribution in [0.25, 0.3) is 0 Å². The first kappa shape index (κ1) is 15.4. The molecule has 0 amide bonds. The van der Waals surface area contributed by atoms with Gasteiger partial charge in [-0.15, -0.1) is 0 Å². The second kappa shape index (κ2) is 7.11. The molecular weight excluding hydrogens is 284 g/mol. The highest BCUT2D eigenvalue weighted by Crippen LogP contribution is 2.12. The first-order valence-electron chi connectivity index (χ1n) is 6.67. The Kier molecular flexibility index (Phi) is 5.46. The van der Waals surface area contributed by atoms with Crippen molar-refractivity contribution < 1.29 is 17.7 Å². The summed E-state index contributed by atoms with van der Waals surface area (Å²) >= 11 is 0. The molecular formula is C11H20N4O4S. The first-order valence-corrected chi connectivity index (χ1v) is 8.11. The fourth-order valence-electron chi connectivity index (χ4n) is 2.08. The Hall–Kier alpha value is -1.03. The van der Waals surface area contributed by atoms with Gasteiger partial charge in [0.05, 0.1) is 6.54 Å². The highest BCUT2D eigenvalue weighted by molar-refractivity contribution is 7.87. The predicted octanol–water partition coefficient (Wildman–Crippen LogP) is 0.426. The summed E-state index contributed by atoms with van der Waals surface area (Å²) in [6.07, 6.45) is 3.96. The summed E-state index contributed by atoms with van der Waals surface area (Å²) < 4.78 is 38.1. The van der Waals surface area contributed by atoms with Crippen LogP contribution >= 0.6 is 0 Å². The summed E-state index contributed by atoms with van der Waals surface area (Å²) in [5.41, 5.74) is 0. The van der Waals surface area contributed by atoms with E-state index in [2.05, 4.69) is 14.9 Å². The molecule has 0 unspecified atom stereocenters. The van der Waals surface area contributed by atoms with E-state index in [1.165, 1.54) is 11.4 Å². The van der Waals surface area contributed by atoms with E-state index in [9.17, 15) is 8.42 Å². The van der Waals surface area contributed by atoms with Crippen LogP contribution in [0.2, 0.25) is 0 Å². The van der Waals surface area contributed by atoms with Crippen molar-refractivity contribution in [2.75, 3.05) is 20.2 Å². The molecule has 0 aromatic carbocycles. The third-order valence-electron chi connectivity index (χ3n) is 3.09. The lowest BCUT2D eigenvalue weighted by molar-refractivity contribution is 0.174. The number of aromatic nitrogens is 2. The Labute approximate surface area is 118 Å². The number of hydrogen-bond donors (Lipinski definition) is 1. The van der Waals surface area contributed by atoms with Crippen LogP contribution in [-0.4, -0.2) is 43.1 Å². The number of nitrogens with zero attached hydrogens (tertiary/aromatic N) is 3. The van der Waals surface area contributed by atoms with Crippen LogP contribution in [0.4, 0.5) is 0 Å². The summed E-state index contributed by atoms with van der Waals surface area (Å²) in [5, 5.41) is 3.67. The molecule has 0 spiro atoms. The van der Waals surface area contributed by atoms with Gasteiger partial charge >= 0.3 is 0 Å². The van der Waals surface area contributed by atoms with Crippen LogP contribution in [-0.2, 0) is 28.1 Å². The molecule has 0 bridgehead atoms. The first-order chi connectivity index (χ1) is 9.62. The van der Waals surface area contributed by atoms with Crippen LogP contribution in [0.15, 0.2) is 4.52 Å². The van der Waals surface area contributed by atoms with Gasteiger partial charge in [-0.05, 0) is 12.8 Å². The molecule has 0 radical (unpaired) electrons. The number of hydrogen-bond acceptors (Lipinski definition) is 6. The van der Waals surface area contributed by atoms with Crippen LogP contribution in [0.5, 0.6) is 0 Å². The standard InChI is InChI=1S/C11H20N4O4S/c1-18-9-10-13-11(19-14-10)8-12-20(16,17)15-6-4-2-3-5-7-15/h12H,2-9H2,1H3. The molecule has 2 heterocycles. The van der Waals surface area contributed by atoms with E-state index in [1.807, 2.05) is 0 Å². The van der Waals surface area contributed by atoms with E-state index in [1.54, 1.807) is 0 Å². The summed E-state index contributed by atoms with van der Waals surface area (Å²) in [6, 6.07) is 0. The number of methoxy groups -OCH3 is 1. The third-order valence-corrected chi connectivity index (χ3v) is 4.65. The SMILES string of the molecule is COCc1noc(CNS(=O)(=O)N2CCCCCC2)n1. The molecule has 1 N–H and O–H groups in total. The Balaban J connectivity index is 1.90. The van der Waals surface area contributed by atoms with E-state index in [-0.39, 0.29) is 19.0 Å². The minimum absolute atomic E-state index is 0.00442. The second-order valence-corrected chi connectivity index (χ2v) is 6.43. The van der Waals surface area contributed by atoms with Gasteiger partial charge in [-0.3, -0.25) is 0 Å². The predicted molar refractivity (Wildman–Crippen MR) is 70.8 cm³/mol. The maximum absolute atomic E-state index is 12.1. The van der Waals surface area contributed by atoms with Gasteiger partial charge in [-0.25, -0.2) is 0 Å². The van der Waals surface area contributed by atoms with Crippen LogP contribution in [0.1, 0.15) is 37.4 Å². The van der Waals surface area contributed by atoms with Gasteiger partial charge in [-0.1, -0.05) is 18.0 Å². The van der Waals surface area contributed by atoms with Crippen molar-refractivity contribution in [1.82, 2.24) is 19.2 Å². The van der Waals surface area contributed by atoms with E-state index >= 15 is 0 Å². The maximum atomic E-state index is 12.1. The summed E-state index contributed by atoms with van der Waals surface area (Å²) in [7, 11) is -1.96. The molecule has 0 atom stereocenters. The van der Waals surface area contributed by atoms with Crippen molar-refractivity contribution in [3.8, 4) is 0 Å². The maximum Gasteiger partial charge on any atom is 0.279 e. The van der Waals surface area contributed by atoms with Gasteiger partial charge in [0.1, 0.15) is 6.61 Å². The molecule has 20 heavy (non-hydrogen) atoms. The molecule has 0 saturated carbocycles. The molecule has 9 heteroatoms. The molecule has 8 nitrogen and oxygen atoms in total. The van der Waals surface area contributed by atoms with Crippen molar-refractivity contribution in [2.45, 2.75) is 38.8 Å². The van der Waals surface area contributed by atoms with E-state index < -0.39 is 10.2 Å². The minimum Gasteiger partial charge on any atom is -0.377 e. The third kappa shape index (κ3) is 4.23. The van der Waals surface area contributed by atoms with Crippen molar-refractivity contribution in [3.05, 3.63) is 11.7 Å². The Bertz CT molecular complexity index is 508. The monoisotopic (exact) mass is 304 g/mol. The van der Waals surface area contributed by atoms with Crippen LogP contribution in [0, 0.1) is 0 Å². The topological polar surface area (TPSA) is 97.6 Å². The number of nitrogens with one attached hydrogen (secondary N) is 1.